The predicted molar refractivity (Wildman–Crippen MR) is 75.7 cm³/mol. The van der Waals surface area contributed by atoms with Crippen LogP contribution >= 0.6 is 11.6 Å². The number of halogens is 1. The fourth-order valence-electron chi connectivity index (χ4n) is 3.24. The molecule has 0 aliphatic heterocycles. The third-order valence-electron chi connectivity index (χ3n) is 4.36. The summed E-state index contributed by atoms with van der Waals surface area (Å²) in [4.78, 5) is 11.7. The summed E-state index contributed by atoms with van der Waals surface area (Å²) in [6, 6.07) is 5.85. The summed E-state index contributed by atoms with van der Waals surface area (Å²) in [5, 5.41) is 11.3. The van der Waals surface area contributed by atoms with Crippen molar-refractivity contribution in [2.24, 2.45) is 7.05 Å². The number of carbonyl (C=O) groups is 1. The molecule has 1 aromatic heterocycles. The molecule has 0 unspecified atom stereocenters. The summed E-state index contributed by atoms with van der Waals surface area (Å²) in [5.41, 5.74) is 1.20. The molecule has 19 heavy (non-hydrogen) atoms. The molecule has 1 N–H and O–H groups in total. The highest BCUT2D eigenvalue weighted by atomic mass is 35.5. The average Bonchev–Trinajstić information content (AvgIpc) is 2.97. The van der Waals surface area contributed by atoms with Crippen molar-refractivity contribution in [2.75, 3.05) is 0 Å². The summed E-state index contributed by atoms with van der Waals surface area (Å²) in [7, 11) is 1.93. The largest absolute Gasteiger partial charge is 0.481 e. The molecule has 1 aliphatic carbocycles. The number of aryl methyl sites for hydroxylation is 1. The smallest absolute Gasteiger partial charge is 0.314 e. The van der Waals surface area contributed by atoms with Gasteiger partial charge in [0.1, 0.15) is 0 Å². The summed E-state index contributed by atoms with van der Waals surface area (Å²) in [5.74, 6) is -0.704. The minimum absolute atomic E-state index is 0.703. The number of benzene rings is 1. The number of aliphatic carboxylic acids is 1. The van der Waals surface area contributed by atoms with Crippen molar-refractivity contribution in [2.45, 2.75) is 31.1 Å². The van der Waals surface area contributed by atoms with E-state index in [1.54, 1.807) is 0 Å². The molecule has 100 valence electrons. The molecule has 3 nitrogen and oxygen atoms in total. The Morgan fingerprint density at radius 2 is 2.05 bits per heavy atom. The van der Waals surface area contributed by atoms with Crippen molar-refractivity contribution in [3.8, 4) is 0 Å². The number of carboxylic acids is 1. The van der Waals surface area contributed by atoms with Gasteiger partial charge in [0.25, 0.3) is 0 Å². The molecule has 1 aromatic carbocycles. The van der Waals surface area contributed by atoms with E-state index in [0.717, 1.165) is 42.1 Å². The van der Waals surface area contributed by atoms with E-state index in [1.165, 1.54) is 0 Å². The van der Waals surface area contributed by atoms with Gasteiger partial charge in [-0.3, -0.25) is 4.79 Å². The highest BCUT2D eigenvalue weighted by Gasteiger charge is 2.43. The summed E-state index contributed by atoms with van der Waals surface area (Å²) in [6.07, 6.45) is 5.28. The fourth-order valence-corrected chi connectivity index (χ4v) is 3.54. The molecule has 2 aromatic rings. The average molecular weight is 278 g/mol. The second-order valence-corrected chi connectivity index (χ2v) is 5.82. The van der Waals surface area contributed by atoms with Gasteiger partial charge in [-0.25, -0.2) is 0 Å². The van der Waals surface area contributed by atoms with Gasteiger partial charge in [0.15, 0.2) is 0 Å². The lowest BCUT2D eigenvalue weighted by Gasteiger charge is -2.24. The van der Waals surface area contributed by atoms with Gasteiger partial charge in [-0.05, 0) is 24.5 Å². The van der Waals surface area contributed by atoms with E-state index >= 15 is 0 Å². The minimum Gasteiger partial charge on any atom is -0.481 e. The van der Waals surface area contributed by atoms with Gasteiger partial charge in [0.05, 0.1) is 10.4 Å². The van der Waals surface area contributed by atoms with E-state index in [2.05, 4.69) is 0 Å². The van der Waals surface area contributed by atoms with Gasteiger partial charge in [0.2, 0.25) is 0 Å². The van der Waals surface area contributed by atoms with E-state index < -0.39 is 11.4 Å². The lowest BCUT2D eigenvalue weighted by atomic mass is 9.79. The molecule has 0 radical (unpaired) electrons. The number of fused-ring (bicyclic) bond motifs is 1. The highest BCUT2D eigenvalue weighted by Crippen LogP contribution is 2.42. The minimum atomic E-state index is -0.704. The number of hydrogen-bond donors (Lipinski definition) is 1. The van der Waals surface area contributed by atoms with Crippen LogP contribution in [0.5, 0.6) is 0 Å². The van der Waals surface area contributed by atoms with Gasteiger partial charge in [-0.2, -0.15) is 0 Å². The van der Waals surface area contributed by atoms with E-state index in [9.17, 15) is 9.90 Å². The second kappa shape index (κ2) is 4.27. The molecule has 0 atom stereocenters. The number of rotatable bonds is 2. The summed E-state index contributed by atoms with van der Waals surface area (Å²) < 4.78 is 1.95. The molecule has 4 heteroatoms. The molecule has 1 heterocycles. The van der Waals surface area contributed by atoms with E-state index in [4.69, 9.17) is 11.6 Å². The zero-order valence-electron chi connectivity index (χ0n) is 10.8. The predicted octanol–water partition coefficient (Wildman–Crippen LogP) is 3.73. The maximum Gasteiger partial charge on any atom is 0.314 e. The lowest BCUT2D eigenvalue weighted by Crippen LogP contribution is -2.32. The third kappa shape index (κ3) is 1.76. The molecule has 0 spiro atoms. The normalized spacial score (nSPS) is 18.0. The molecule has 1 saturated carbocycles. The van der Waals surface area contributed by atoms with Gasteiger partial charge in [-0.15, -0.1) is 0 Å². The van der Waals surface area contributed by atoms with Crippen molar-refractivity contribution in [3.63, 3.8) is 0 Å². The van der Waals surface area contributed by atoms with Crippen molar-refractivity contribution >= 4 is 28.5 Å². The maximum absolute atomic E-state index is 11.7. The Labute approximate surface area is 116 Å². The van der Waals surface area contributed by atoms with Crippen LogP contribution in [0.1, 0.15) is 31.2 Å². The molecular weight excluding hydrogens is 262 g/mol. The van der Waals surface area contributed by atoms with Crippen LogP contribution in [-0.2, 0) is 17.3 Å². The molecule has 0 saturated heterocycles. The monoisotopic (exact) mass is 277 g/mol. The Kier molecular flexibility index (Phi) is 2.82. The van der Waals surface area contributed by atoms with Crippen molar-refractivity contribution in [1.29, 1.82) is 0 Å². The van der Waals surface area contributed by atoms with Crippen molar-refractivity contribution < 1.29 is 9.90 Å². The molecule has 1 aliphatic rings. The Morgan fingerprint density at radius 3 is 2.68 bits per heavy atom. The first-order chi connectivity index (χ1) is 9.04. The van der Waals surface area contributed by atoms with E-state index in [-0.39, 0.29) is 0 Å². The standard InChI is InChI=1S/C15H16ClNO2/c1-17-9-12(16)11-5-4-10(8-13(11)17)15(14(18)19)6-2-3-7-15/h4-5,8-9H,2-3,6-7H2,1H3,(H,18,19). The Morgan fingerprint density at radius 1 is 1.37 bits per heavy atom. The van der Waals surface area contributed by atoms with Gasteiger partial charge in [0, 0.05) is 24.1 Å². The maximum atomic E-state index is 11.7. The molecule has 0 bridgehead atoms. The van der Waals surface area contributed by atoms with E-state index in [0.29, 0.717) is 5.02 Å². The SMILES string of the molecule is Cn1cc(Cl)c2ccc(C3(C(=O)O)CCCC3)cc21. The van der Waals surface area contributed by atoms with Crippen LogP contribution in [0.4, 0.5) is 0 Å². The highest BCUT2D eigenvalue weighted by molar-refractivity contribution is 6.35. The van der Waals surface area contributed by atoms with Crippen LogP contribution in [0.3, 0.4) is 0 Å². The van der Waals surface area contributed by atoms with E-state index in [1.807, 2.05) is 36.0 Å². The first kappa shape index (κ1) is 12.5. The zero-order chi connectivity index (χ0) is 13.6. The number of aromatic nitrogens is 1. The third-order valence-corrected chi connectivity index (χ3v) is 4.66. The topological polar surface area (TPSA) is 42.2 Å². The van der Waals surface area contributed by atoms with Crippen LogP contribution in [0.15, 0.2) is 24.4 Å². The Balaban J connectivity index is 2.20. The summed E-state index contributed by atoms with van der Waals surface area (Å²) in [6.45, 7) is 0. The van der Waals surface area contributed by atoms with Gasteiger partial charge in [-0.1, -0.05) is 36.6 Å². The van der Waals surface area contributed by atoms with Gasteiger partial charge < -0.3 is 9.67 Å². The van der Waals surface area contributed by atoms with Crippen LogP contribution in [0.2, 0.25) is 5.02 Å². The van der Waals surface area contributed by atoms with Crippen LogP contribution in [-0.4, -0.2) is 15.6 Å². The first-order valence-corrected chi connectivity index (χ1v) is 6.91. The quantitative estimate of drug-likeness (QED) is 0.909. The first-order valence-electron chi connectivity index (χ1n) is 6.53. The number of hydrogen-bond acceptors (Lipinski definition) is 1. The van der Waals surface area contributed by atoms with Crippen molar-refractivity contribution in [1.82, 2.24) is 4.57 Å². The molecule has 0 amide bonds. The number of nitrogens with zero attached hydrogens (tertiary/aromatic N) is 1. The lowest BCUT2D eigenvalue weighted by molar-refractivity contribution is -0.143. The van der Waals surface area contributed by atoms with Crippen LogP contribution in [0, 0.1) is 0 Å². The molecule has 3 rings (SSSR count). The Hall–Kier alpha value is -1.48. The zero-order valence-corrected chi connectivity index (χ0v) is 11.6. The fraction of sp³-hybridized carbons (Fsp3) is 0.400. The second-order valence-electron chi connectivity index (χ2n) is 5.41. The number of carboxylic acid groups (broad SMARTS) is 1. The summed E-state index contributed by atoms with van der Waals surface area (Å²) >= 11 is 6.15. The van der Waals surface area contributed by atoms with Crippen LogP contribution in [0.25, 0.3) is 10.9 Å². The molecular formula is C15H16ClNO2. The molecule has 1 fully saturated rings. The van der Waals surface area contributed by atoms with Gasteiger partial charge >= 0.3 is 5.97 Å². The Bertz CT molecular complexity index is 653. The van der Waals surface area contributed by atoms with Crippen molar-refractivity contribution in [3.05, 3.63) is 35.0 Å². The van der Waals surface area contributed by atoms with Crippen LogP contribution < -0.4 is 0 Å².